The van der Waals surface area contributed by atoms with Gasteiger partial charge in [-0.2, -0.15) is 0 Å². The molecule has 1 aromatic carbocycles. The molecule has 0 fully saturated rings. The number of methoxy groups -OCH3 is 1. The molecule has 1 aromatic heterocycles. The van der Waals surface area contributed by atoms with Gasteiger partial charge in [0.2, 0.25) is 4.71 Å². The summed E-state index contributed by atoms with van der Waals surface area (Å²) in [6.07, 6.45) is 0. The van der Waals surface area contributed by atoms with Gasteiger partial charge in [-0.05, 0) is 24.4 Å². The summed E-state index contributed by atoms with van der Waals surface area (Å²) >= 11 is 10.7. The van der Waals surface area contributed by atoms with Gasteiger partial charge < -0.3 is 9.26 Å². The van der Waals surface area contributed by atoms with Crippen LogP contribution in [-0.2, 0) is 4.74 Å². The van der Waals surface area contributed by atoms with Gasteiger partial charge in [0.05, 0.1) is 12.8 Å². The highest BCUT2D eigenvalue weighted by molar-refractivity contribution is 7.71. The molecule has 6 heteroatoms. The second-order valence-electron chi connectivity index (χ2n) is 3.24. The minimum absolute atomic E-state index is 0.0711. The first kappa shape index (κ1) is 11.9. The van der Waals surface area contributed by atoms with Crippen LogP contribution >= 0.6 is 23.8 Å². The third-order valence-electron chi connectivity index (χ3n) is 2.22. The summed E-state index contributed by atoms with van der Waals surface area (Å²) in [5, 5.41) is 3.21. The van der Waals surface area contributed by atoms with Gasteiger partial charge in [0, 0.05) is 10.6 Å². The van der Waals surface area contributed by atoms with Gasteiger partial charge in [-0.3, -0.25) is 0 Å². The molecule has 0 atom stereocenters. The number of aromatic nitrogens is 1. The van der Waals surface area contributed by atoms with E-state index in [-0.39, 0.29) is 10.3 Å². The van der Waals surface area contributed by atoms with Crippen molar-refractivity contribution in [1.29, 1.82) is 0 Å². The number of rotatable bonds is 2. The molecule has 0 aliphatic carbocycles. The molecule has 0 unspecified atom stereocenters. The van der Waals surface area contributed by atoms with Gasteiger partial charge in [-0.25, -0.2) is 9.95 Å². The molecule has 0 amide bonds. The number of halogens is 1. The molecule has 0 spiro atoms. The van der Waals surface area contributed by atoms with Crippen molar-refractivity contribution in [2.75, 3.05) is 7.11 Å². The molecule has 0 radical (unpaired) electrons. The van der Waals surface area contributed by atoms with Crippen molar-refractivity contribution in [2.45, 2.75) is 0 Å². The van der Waals surface area contributed by atoms with Crippen LogP contribution in [0.2, 0.25) is 5.02 Å². The van der Waals surface area contributed by atoms with Crippen LogP contribution in [0.25, 0.3) is 11.3 Å². The Morgan fingerprint density at radius 2 is 2.06 bits per heavy atom. The van der Waals surface area contributed by atoms with Gasteiger partial charge in [0.1, 0.15) is 5.56 Å². The molecule has 1 heterocycles. The van der Waals surface area contributed by atoms with Crippen molar-refractivity contribution in [3.05, 3.63) is 39.6 Å². The fourth-order valence-electron chi connectivity index (χ4n) is 1.41. The summed E-state index contributed by atoms with van der Waals surface area (Å²) in [7, 11) is 1.29. The Morgan fingerprint density at radius 3 is 2.65 bits per heavy atom. The van der Waals surface area contributed by atoms with Gasteiger partial charge in [-0.1, -0.05) is 23.7 Å². The van der Waals surface area contributed by atoms with E-state index in [0.29, 0.717) is 10.7 Å². The number of hydrogen-bond donors (Lipinski definition) is 1. The van der Waals surface area contributed by atoms with Crippen LogP contribution in [0.4, 0.5) is 0 Å². The summed E-state index contributed by atoms with van der Waals surface area (Å²) in [5.74, 6) is -0.537. The zero-order valence-corrected chi connectivity index (χ0v) is 10.4. The molecule has 2 rings (SSSR count). The predicted molar refractivity (Wildman–Crippen MR) is 65.7 cm³/mol. The lowest BCUT2D eigenvalue weighted by Crippen LogP contribution is -2.02. The van der Waals surface area contributed by atoms with Crippen molar-refractivity contribution < 1.29 is 14.1 Å². The van der Waals surface area contributed by atoms with Gasteiger partial charge >= 0.3 is 5.97 Å². The zero-order chi connectivity index (χ0) is 12.4. The van der Waals surface area contributed by atoms with E-state index in [2.05, 4.69) is 9.89 Å². The monoisotopic (exact) mass is 269 g/mol. The van der Waals surface area contributed by atoms with Crippen LogP contribution < -0.4 is 0 Å². The molecule has 0 saturated heterocycles. The number of hydrogen-bond acceptors (Lipinski definition) is 4. The second-order valence-corrected chi connectivity index (χ2v) is 4.05. The molecule has 0 aliphatic rings. The van der Waals surface area contributed by atoms with Crippen LogP contribution in [0.15, 0.2) is 28.8 Å². The molecular weight excluding hydrogens is 262 g/mol. The summed E-state index contributed by atoms with van der Waals surface area (Å²) < 4.78 is 9.68. The summed E-state index contributed by atoms with van der Waals surface area (Å²) in [4.78, 5) is 11.6. The number of H-pyrrole nitrogens is 1. The number of carbonyl (C=O) groups is 1. The lowest BCUT2D eigenvalue weighted by Gasteiger charge is -2.00. The van der Waals surface area contributed by atoms with Crippen LogP contribution in [0.1, 0.15) is 10.4 Å². The highest BCUT2D eigenvalue weighted by atomic mass is 35.5. The van der Waals surface area contributed by atoms with Gasteiger partial charge in [-0.15, -0.1) is 0 Å². The minimum atomic E-state index is -0.537. The number of carbonyl (C=O) groups excluding carboxylic acids is 1. The third-order valence-corrected chi connectivity index (χ3v) is 2.76. The van der Waals surface area contributed by atoms with Crippen molar-refractivity contribution in [1.82, 2.24) is 5.16 Å². The number of benzene rings is 1. The van der Waals surface area contributed by atoms with Crippen LogP contribution in [0.5, 0.6) is 0 Å². The van der Waals surface area contributed by atoms with Crippen LogP contribution in [-0.4, -0.2) is 18.2 Å². The molecular formula is C11H8ClNO3S. The van der Waals surface area contributed by atoms with Crippen molar-refractivity contribution in [3.8, 4) is 11.3 Å². The minimum Gasteiger partial charge on any atom is -0.465 e. The lowest BCUT2D eigenvalue weighted by atomic mass is 10.1. The van der Waals surface area contributed by atoms with E-state index in [4.69, 9.17) is 28.3 Å². The van der Waals surface area contributed by atoms with E-state index < -0.39 is 5.97 Å². The first-order chi connectivity index (χ1) is 8.13. The fourth-order valence-corrected chi connectivity index (χ4v) is 1.76. The molecule has 0 bridgehead atoms. The highest BCUT2D eigenvalue weighted by Gasteiger charge is 2.19. The molecule has 88 valence electrons. The quantitative estimate of drug-likeness (QED) is 0.670. The Bertz CT molecular complexity index is 600. The molecule has 0 aliphatic heterocycles. The molecule has 17 heavy (non-hydrogen) atoms. The van der Waals surface area contributed by atoms with Gasteiger partial charge in [0.25, 0.3) is 0 Å². The Hall–Kier alpha value is -1.59. The maximum absolute atomic E-state index is 11.6. The maximum Gasteiger partial charge on any atom is 0.344 e. The average Bonchev–Trinajstić information content (AvgIpc) is 2.71. The van der Waals surface area contributed by atoms with Crippen LogP contribution in [0.3, 0.4) is 0 Å². The van der Waals surface area contributed by atoms with Gasteiger partial charge in [0.15, 0.2) is 0 Å². The van der Waals surface area contributed by atoms with E-state index in [1.165, 1.54) is 7.11 Å². The smallest absolute Gasteiger partial charge is 0.344 e. The SMILES string of the molecule is COC(=O)c1c(-c2ccc(Cl)cc2)[nH]oc1=S. The number of ether oxygens (including phenoxy) is 1. The Morgan fingerprint density at radius 1 is 1.41 bits per heavy atom. The standard InChI is InChI=1S/C11H8ClNO3S/c1-15-10(14)8-9(13-16-11(8)17)6-2-4-7(12)5-3-6/h2-5,13H,1H3. The number of nitrogens with one attached hydrogen (secondary N) is 1. The summed E-state index contributed by atoms with van der Waals surface area (Å²) in [5.41, 5.74) is 1.44. The Balaban J connectivity index is 2.56. The first-order valence-corrected chi connectivity index (χ1v) is 5.48. The predicted octanol–water partition coefficient (Wildman–Crippen LogP) is 3.44. The summed E-state index contributed by atoms with van der Waals surface area (Å²) in [6.45, 7) is 0. The number of esters is 1. The lowest BCUT2D eigenvalue weighted by molar-refractivity contribution is 0.0600. The zero-order valence-electron chi connectivity index (χ0n) is 8.82. The summed E-state index contributed by atoms with van der Waals surface area (Å²) in [6, 6.07) is 6.93. The maximum atomic E-state index is 11.6. The Kier molecular flexibility index (Phi) is 3.31. The van der Waals surface area contributed by atoms with Crippen molar-refractivity contribution >= 4 is 29.8 Å². The topological polar surface area (TPSA) is 55.2 Å². The molecule has 1 N–H and O–H groups in total. The average molecular weight is 270 g/mol. The normalized spacial score (nSPS) is 10.2. The van der Waals surface area contributed by atoms with E-state index in [1.54, 1.807) is 24.3 Å². The van der Waals surface area contributed by atoms with Crippen molar-refractivity contribution in [2.24, 2.45) is 0 Å². The largest absolute Gasteiger partial charge is 0.465 e. The van der Waals surface area contributed by atoms with E-state index in [0.717, 1.165) is 5.56 Å². The molecule has 4 nitrogen and oxygen atoms in total. The Labute approximate surface area is 107 Å². The second kappa shape index (κ2) is 4.73. The van der Waals surface area contributed by atoms with E-state index in [9.17, 15) is 4.79 Å². The first-order valence-electron chi connectivity index (χ1n) is 4.69. The molecule has 2 aromatic rings. The fraction of sp³-hybridized carbons (Fsp3) is 0.0909. The highest BCUT2D eigenvalue weighted by Crippen LogP contribution is 2.25. The third kappa shape index (κ3) is 2.25. The van der Waals surface area contributed by atoms with Crippen molar-refractivity contribution in [3.63, 3.8) is 0 Å². The van der Waals surface area contributed by atoms with E-state index >= 15 is 0 Å². The van der Waals surface area contributed by atoms with E-state index in [1.807, 2.05) is 0 Å². The molecule has 0 saturated carbocycles. The van der Waals surface area contributed by atoms with Crippen LogP contribution in [0, 0.1) is 4.71 Å². The number of aromatic amines is 1.